The highest BCUT2D eigenvalue weighted by Crippen LogP contribution is 2.35. The molecule has 0 unspecified atom stereocenters. The zero-order valence-electron chi connectivity index (χ0n) is 19.5. The van der Waals surface area contributed by atoms with E-state index >= 15 is 0 Å². The van der Waals surface area contributed by atoms with Crippen molar-refractivity contribution < 1.29 is 0 Å². The van der Waals surface area contributed by atoms with Gasteiger partial charge in [0.15, 0.2) is 0 Å². The van der Waals surface area contributed by atoms with E-state index in [-0.39, 0.29) is 0 Å². The van der Waals surface area contributed by atoms with Crippen LogP contribution in [0.3, 0.4) is 0 Å². The maximum Gasteiger partial charge on any atom is 0.0920 e. The van der Waals surface area contributed by atoms with Crippen molar-refractivity contribution in [3.05, 3.63) is 49.3 Å². The summed E-state index contributed by atoms with van der Waals surface area (Å²) in [4.78, 5) is 0. The summed E-state index contributed by atoms with van der Waals surface area (Å²) in [6.45, 7) is 19.6. The molecule has 2 N–H and O–H groups in total. The third-order valence-electron chi connectivity index (χ3n) is 4.75. The van der Waals surface area contributed by atoms with Crippen molar-refractivity contribution in [3.8, 4) is 0 Å². The van der Waals surface area contributed by atoms with Crippen LogP contribution in [0, 0.1) is 0 Å². The standard InChI is InChI=1S/C19H32N4S.C3H8.C2H4/c1-5-8-15(7-3)18-14-19(22-21-18)16-9-11-17(12-10-16)23(4)24-20-13-6-2;1-3-2;1-2/h7-8,14,16-17,20H,3,5-6,9-13H2,1-2,4H3,(H,21,22);3H2,1-2H3;1-2H2/b15-8+;;. The average molecular weight is 421 g/mol. The molecule has 1 heterocycles. The van der Waals surface area contributed by atoms with E-state index < -0.39 is 0 Å². The number of nitrogens with zero attached hydrogens (tertiary/aromatic N) is 2. The molecule has 0 amide bonds. The minimum atomic E-state index is 0.609. The van der Waals surface area contributed by atoms with Crippen molar-refractivity contribution in [2.75, 3.05) is 13.6 Å². The number of hydrogen-bond donors (Lipinski definition) is 2. The van der Waals surface area contributed by atoms with Crippen molar-refractivity contribution in [2.45, 2.75) is 84.6 Å². The monoisotopic (exact) mass is 420 g/mol. The summed E-state index contributed by atoms with van der Waals surface area (Å²) in [5, 5.41) is 7.76. The smallest absolute Gasteiger partial charge is 0.0920 e. The number of aromatic nitrogens is 2. The van der Waals surface area contributed by atoms with Gasteiger partial charge in [-0.3, -0.25) is 9.82 Å². The molecule has 1 aromatic heterocycles. The second-order valence-electron chi connectivity index (χ2n) is 7.22. The SMILES string of the molecule is C=C.C=C/C(=C\CC)c1cc(C2CCC(N(C)SNCCC)CC2)[nH]n1.CCC. The molecule has 0 spiro atoms. The van der Waals surface area contributed by atoms with Crippen LogP contribution in [-0.2, 0) is 0 Å². The molecule has 0 aliphatic heterocycles. The Balaban J connectivity index is 0.00000143. The molecule has 0 atom stereocenters. The van der Waals surface area contributed by atoms with E-state index in [1.54, 1.807) is 12.1 Å². The maximum absolute atomic E-state index is 4.50. The van der Waals surface area contributed by atoms with Gasteiger partial charge in [-0.2, -0.15) is 5.10 Å². The molecule has 0 radical (unpaired) electrons. The second kappa shape index (κ2) is 17.5. The minimum Gasteiger partial charge on any atom is -0.282 e. The molecular weight excluding hydrogens is 376 g/mol. The van der Waals surface area contributed by atoms with Gasteiger partial charge in [-0.05, 0) is 57.2 Å². The summed E-state index contributed by atoms with van der Waals surface area (Å²) in [6, 6.07) is 2.89. The van der Waals surface area contributed by atoms with Crippen LogP contribution in [0.2, 0.25) is 0 Å². The van der Waals surface area contributed by atoms with Gasteiger partial charge < -0.3 is 0 Å². The molecule has 1 aliphatic rings. The predicted molar refractivity (Wildman–Crippen MR) is 133 cm³/mol. The van der Waals surface area contributed by atoms with Crippen molar-refractivity contribution in [3.63, 3.8) is 0 Å². The van der Waals surface area contributed by atoms with Crippen LogP contribution in [0.25, 0.3) is 5.57 Å². The van der Waals surface area contributed by atoms with Gasteiger partial charge in [0.25, 0.3) is 0 Å². The first kappa shape index (κ1) is 27.7. The fraction of sp³-hybridized carbons (Fsp3) is 0.625. The lowest BCUT2D eigenvalue weighted by atomic mass is 9.84. The van der Waals surface area contributed by atoms with Crippen LogP contribution < -0.4 is 4.72 Å². The normalized spacial score (nSPS) is 19.0. The molecule has 1 fully saturated rings. The Morgan fingerprint density at radius 3 is 2.38 bits per heavy atom. The molecule has 1 saturated carbocycles. The van der Waals surface area contributed by atoms with Crippen molar-refractivity contribution in [2.24, 2.45) is 0 Å². The quantitative estimate of drug-likeness (QED) is 0.193. The lowest BCUT2D eigenvalue weighted by Crippen LogP contribution is -2.32. The van der Waals surface area contributed by atoms with E-state index in [4.69, 9.17) is 0 Å². The van der Waals surface area contributed by atoms with Gasteiger partial charge in [0.05, 0.1) is 5.69 Å². The highest BCUT2D eigenvalue weighted by molar-refractivity contribution is 7.95. The molecule has 166 valence electrons. The van der Waals surface area contributed by atoms with Crippen LogP contribution in [0.5, 0.6) is 0 Å². The van der Waals surface area contributed by atoms with E-state index in [2.05, 4.69) is 85.8 Å². The Morgan fingerprint density at radius 2 is 1.86 bits per heavy atom. The molecule has 0 bridgehead atoms. The second-order valence-corrected chi connectivity index (χ2v) is 8.27. The van der Waals surface area contributed by atoms with Gasteiger partial charge >= 0.3 is 0 Å². The van der Waals surface area contributed by atoms with Crippen LogP contribution in [0.4, 0.5) is 0 Å². The fourth-order valence-corrected chi connectivity index (χ4v) is 4.14. The molecule has 1 aliphatic carbocycles. The van der Waals surface area contributed by atoms with Gasteiger partial charge in [-0.1, -0.05) is 52.8 Å². The van der Waals surface area contributed by atoms with Crippen molar-refractivity contribution in [1.82, 2.24) is 19.2 Å². The third kappa shape index (κ3) is 10.3. The van der Waals surface area contributed by atoms with E-state index in [0.717, 1.165) is 24.2 Å². The van der Waals surface area contributed by atoms with Crippen molar-refractivity contribution in [1.29, 1.82) is 0 Å². The van der Waals surface area contributed by atoms with E-state index in [1.807, 2.05) is 6.08 Å². The summed E-state index contributed by atoms with van der Waals surface area (Å²) in [5.74, 6) is 0.609. The summed E-state index contributed by atoms with van der Waals surface area (Å²) in [6.07, 6.45) is 12.5. The minimum absolute atomic E-state index is 0.609. The van der Waals surface area contributed by atoms with Crippen molar-refractivity contribution >= 4 is 17.7 Å². The zero-order valence-corrected chi connectivity index (χ0v) is 20.3. The fourth-order valence-electron chi connectivity index (χ4n) is 3.28. The largest absolute Gasteiger partial charge is 0.282 e. The van der Waals surface area contributed by atoms with Crippen LogP contribution in [-0.4, -0.2) is 34.1 Å². The number of hydrogen-bond acceptors (Lipinski definition) is 4. The highest BCUT2D eigenvalue weighted by atomic mass is 32.2. The summed E-state index contributed by atoms with van der Waals surface area (Å²) >= 11 is 1.77. The zero-order chi connectivity index (χ0) is 22.1. The maximum atomic E-state index is 4.50. The summed E-state index contributed by atoms with van der Waals surface area (Å²) in [7, 11) is 2.21. The first-order valence-electron chi connectivity index (χ1n) is 11.1. The van der Waals surface area contributed by atoms with Crippen LogP contribution in [0.1, 0.15) is 89.9 Å². The van der Waals surface area contributed by atoms with Gasteiger partial charge in [-0.15, -0.1) is 13.2 Å². The van der Waals surface area contributed by atoms with Gasteiger partial charge in [0.1, 0.15) is 0 Å². The van der Waals surface area contributed by atoms with E-state index in [0.29, 0.717) is 12.0 Å². The van der Waals surface area contributed by atoms with Gasteiger partial charge in [0.2, 0.25) is 0 Å². The Labute approximate surface area is 184 Å². The molecule has 2 rings (SSSR count). The highest BCUT2D eigenvalue weighted by Gasteiger charge is 2.26. The lowest BCUT2D eigenvalue weighted by Gasteiger charge is -2.33. The Bertz CT molecular complexity index is 559. The van der Waals surface area contributed by atoms with Crippen LogP contribution >= 0.6 is 12.1 Å². The van der Waals surface area contributed by atoms with Crippen LogP contribution in [0.15, 0.2) is 38.0 Å². The molecular formula is C24H44N4S. The molecule has 4 nitrogen and oxygen atoms in total. The molecule has 1 aromatic rings. The van der Waals surface area contributed by atoms with Gasteiger partial charge in [-0.25, -0.2) is 4.31 Å². The topological polar surface area (TPSA) is 44.0 Å². The van der Waals surface area contributed by atoms with Gasteiger partial charge in [0, 0.05) is 36.3 Å². The summed E-state index contributed by atoms with van der Waals surface area (Å²) in [5.41, 5.74) is 3.44. The lowest BCUT2D eigenvalue weighted by molar-refractivity contribution is 0.281. The number of nitrogens with one attached hydrogen (secondary N) is 2. The number of rotatable bonds is 9. The number of allylic oxidation sites excluding steroid dienone is 3. The van der Waals surface area contributed by atoms with E-state index in [9.17, 15) is 0 Å². The third-order valence-corrected chi connectivity index (χ3v) is 5.67. The average Bonchev–Trinajstić information content (AvgIpc) is 3.24. The summed E-state index contributed by atoms with van der Waals surface area (Å²) < 4.78 is 5.81. The number of H-pyrrole nitrogens is 1. The Kier molecular flexibility index (Phi) is 16.8. The number of aromatic amines is 1. The Morgan fingerprint density at radius 1 is 1.24 bits per heavy atom. The Hall–Kier alpha value is -1.30. The molecule has 0 saturated heterocycles. The molecule has 29 heavy (non-hydrogen) atoms. The first-order chi connectivity index (χ1) is 14.1. The molecule has 0 aromatic carbocycles. The first-order valence-corrected chi connectivity index (χ1v) is 11.9. The van der Waals surface area contributed by atoms with E-state index in [1.165, 1.54) is 44.2 Å². The predicted octanol–water partition coefficient (Wildman–Crippen LogP) is 7.13. The molecule has 5 heteroatoms.